The van der Waals surface area contributed by atoms with E-state index in [0.717, 1.165) is 44.2 Å². The van der Waals surface area contributed by atoms with Gasteiger partial charge in [-0.3, -0.25) is 14.5 Å². The van der Waals surface area contributed by atoms with Gasteiger partial charge in [0.05, 0.1) is 17.7 Å². The minimum absolute atomic E-state index is 0.00303. The average Bonchev–Trinajstić information content (AvgIpc) is 2.69. The largest absolute Gasteiger partial charge is 0.434 e. The fourth-order valence-corrected chi connectivity index (χ4v) is 3.68. The topological polar surface area (TPSA) is 87.7 Å². The minimum atomic E-state index is -4.71. The van der Waals surface area contributed by atoms with Gasteiger partial charge in [-0.2, -0.15) is 18.7 Å². The molecule has 3 amide bonds. The van der Waals surface area contributed by atoms with Crippen LogP contribution in [0.25, 0.3) is 0 Å². The molecule has 0 radical (unpaired) electrons. The molecule has 0 saturated heterocycles. The molecule has 7 nitrogen and oxygen atoms in total. The highest BCUT2D eigenvalue weighted by atomic mass is 19.4. The number of nitrogens with one attached hydrogen (secondary N) is 2. The van der Waals surface area contributed by atoms with Crippen molar-refractivity contribution in [3.8, 4) is 0 Å². The smallest absolute Gasteiger partial charge is 0.343 e. The summed E-state index contributed by atoms with van der Waals surface area (Å²) in [6.45, 7) is 4.94. The predicted molar refractivity (Wildman–Crippen MR) is 107 cm³/mol. The van der Waals surface area contributed by atoms with E-state index in [-0.39, 0.29) is 6.04 Å². The Morgan fingerprint density at radius 1 is 1.06 bits per heavy atom. The molecule has 2 rings (SSSR count). The summed E-state index contributed by atoms with van der Waals surface area (Å²) in [4.78, 5) is 43.2. The van der Waals surface area contributed by atoms with Crippen LogP contribution in [0.15, 0.2) is 24.3 Å². The summed E-state index contributed by atoms with van der Waals surface area (Å²) >= 11 is 0. The van der Waals surface area contributed by atoms with Gasteiger partial charge in [-0.1, -0.05) is 31.4 Å². The second kappa shape index (κ2) is 10.0. The zero-order valence-electron chi connectivity index (χ0n) is 17.8. The Labute approximate surface area is 179 Å². The van der Waals surface area contributed by atoms with Gasteiger partial charge in [-0.05, 0) is 45.7 Å². The zero-order valence-corrected chi connectivity index (χ0v) is 17.8. The molecule has 1 aliphatic carbocycles. The van der Waals surface area contributed by atoms with Crippen LogP contribution in [0.1, 0.15) is 68.8 Å². The van der Waals surface area contributed by atoms with Crippen LogP contribution < -0.4 is 10.8 Å². The summed E-state index contributed by atoms with van der Waals surface area (Å²) in [6, 6.07) is 4.25. The molecule has 0 unspecified atom stereocenters. The molecule has 31 heavy (non-hydrogen) atoms. The molecule has 1 aromatic carbocycles. The van der Waals surface area contributed by atoms with Crippen LogP contribution >= 0.6 is 0 Å². The Morgan fingerprint density at radius 3 is 2.26 bits per heavy atom. The summed E-state index contributed by atoms with van der Waals surface area (Å²) in [5.74, 6) is -1.93. The lowest BCUT2D eigenvalue weighted by atomic mass is 9.91. The lowest BCUT2D eigenvalue weighted by molar-refractivity contribution is -0.137. The van der Waals surface area contributed by atoms with Crippen LogP contribution in [0.5, 0.6) is 0 Å². The molecule has 1 aliphatic rings. The summed E-state index contributed by atoms with van der Waals surface area (Å²) in [6.07, 6.45) is -0.630. The van der Waals surface area contributed by atoms with Crippen molar-refractivity contribution in [2.75, 3.05) is 6.54 Å². The van der Waals surface area contributed by atoms with Crippen molar-refractivity contribution in [1.82, 2.24) is 15.7 Å². The maximum atomic E-state index is 13.0. The Morgan fingerprint density at radius 2 is 1.68 bits per heavy atom. The highest BCUT2D eigenvalue weighted by Gasteiger charge is 2.36. The molecule has 0 heterocycles. The van der Waals surface area contributed by atoms with Crippen molar-refractivity contribution in [2.24, 2.45) is 0 Å². The van der Waals surface area contributed by atoms with Gasteiger partial charge in [0.25, 0.3) is 11.8 Å². The van der Waals surface area contributed by atoms with E-state index in [0.29, 0.717) is 0 Å². The van der Waals surface area contributed by atoms with Crippen LogP contribution in [0.4, 0.5) is 18.0 Å². The average molecular weight is 443 g/mol. The lowest BCUT2D eigenvalue weighted by Gasteiger charge is -2.42. The molecule has 0 atom stereocenters. The summed E-state index contributed by atoms with van der Waals surface area (Å²) in [5, 5.41) is 2.10. The van der Waals surface area contributed by atoms with Gasteiger partial charge in [0.2, 0.25) is 0 Å². The molecule has 0 aliphatic heterocycles. The highest BCUT2D eigenvalue weighted by molar-refractivity contribution is 5.97. The molecule has 0 spiro atoms. The Hall–Kier alpha value is -2.78. The first-order valence-corrected chi connectivity index (χ1v) is 10.1. The predicted octanol–water partition coefficient (Wildman–Crippen LogP) is 4.04. The lowest BCUT2D eigenvalue weighted by Crippen LogP contribution is -2.54. The standard InChI is InChI=1S/C21H28F3N3O4/c1-20(2,3)27(14-9-5-4-6-10-14)19(30)31-26-17(28)13-25-18(29)15-11-7-8-12-16(15)21(22,23)24/h7-8,11-12,14H,4-6,9-10,13H2,1-3H3,(H,25,29)(H,26,28). The van der Waals surface area contributed by atoms with E-state index >= 15 is 0 Å². The third-order valence-corrected chi connectivity index (χ3v) is 5.00. The monoisotopic (exact) mass is 443 g/mol. The maximum absolute atomic E-state index is 13.0. The molecule has 2 N–H and O–H groups in total. The van der Waals surface area contributed by atoms with Gasteiger partial charge >= 0.3 is 12.3 Å². The second-order valence-electron chi connectivity index (χ2n) is 8.45. The SMILES string of the molecule is CC(C)(C)N(C(=O)ONC(=O)CNC(=O)c1ccccc1C(F)(F)F)C1CCCCC1. The summed E-state index contributed by atoms with van der Waals surface area (Å²) < 4.78 is 39.1. The van der Waals surface area contributed by atoms with Gasteiger partial charge in [0.1, 0.15) is 0 Å². The number of hydroxylamine groups is 1. The van der Waals surface area contributed by atoms with Crippen molar-refractivity contribution in [1.29, 1.82) is 0 Å². The van der Waals surface area contributed by atoms with E-state index in [2.05, 4.69) is 5.32 Å². The highest BCUT2D eigenvalue weighted by Crippen LogP contribution is 2.32. The fourth-order valence-electron chi connectivity index (χ4n) is 3.68. The summed E-state index contributed by atoms with van der Waals surface area (Å²) in [5.41, 5.74) is -0.275. The third kappa shape index (κ3) is 6.86. The van der Waals surface area contributed by atoms with Crippen LogP contribution in [0, 0.1) is 0 Å². The van der Waals surface area contributed by atoms with Crippen LogP contribution in [-0.4, -0.2) is 40.9 Å². The van der Waals surface area contributed by atoms with E-state index in [1.165, 1.54) is 12.1 Å². The second-order valence-corrected chi connectivity index (χ2v) is 8.45. The van der Waals surface area contributed by atoms with E-state index < -0.39 is 47.3 Å². The molecular weight excluding hydrogens is 415 g/mol. The number of carbonyl (C=O) groups is 3. The van der Waals surface area contributed by atoms with Crippen molar-refractivity contribution >= 4 is 17.9 Å². The molecule has 0 aromatic heterocycles. The van der Waals surface area contributed by atoms with Crippen LogP contribution in [0.3, 0.4) is 0 Å². The normalized spacial score (nSPS) is 15.2. The number of rotatable bonds is 4. The first-order valence-electron chi connectivity index (χ1n) is 10.1. The first kappa shape index (κ1) is 24.5. The van der Waals surface area contributed by atoms with Gasteiger partial charge in [0.15, 0.2) is 0 Å². The number of benzene rings is 1. The van der Waals surface area contributed by atoms with E-state index in [1.54, 1.807) is 4.90 Å². The number of carbonyl (C=O) groups excluding carboxylic acids is 3. The van der Waals surface area contributed by atoms with Gasteiger partial charge in [-0.25, -0.2) is 4.79 Å². The molecule has 1 fully saturated rings. The molecule has 172 valence electrons. The van der Waals surface area contributed by atoms with E-state index in [1.807, 2.05) is 26.3 Å². The first-order chi connectivity index (χ1) is 14.4. The van der Waals surface area contributed by atoms with Crippen LogP contribution in [-0.2, 0) is 15.8 Å². The van der Waals surface area contributed by atoms with Gasteiger partial charge < -0.3 is 10.2 Å². The summed E-state index contributed by atoms with van der Waals surface area (Å²) in [7, 11) is 0. The Kier molecular flexibility index (Phi) is 7.91. The zero-order chi connectivity index (χ0) is 23.2. The number of alkyl halides is 3. The van der Waals surface area contributed by atoms with Crippen molar-refractivity contribution in [3.63, 3.8) is 0 Å². The quantitative estimate of drug-likeness (QED) is 0.688. The van der Waals surface area contributed by atoms with E-state index in [4.69, 9.17) is 4.84 Å². The van der Waals surface area contributed by atoms with Gasteiger partial charge in [0, 0.05) is 11.6 Å². The third-order valence-electron chi connectivity index (χ3n) is 5.00. The minimum Gasteiger partial charge on any atom is -0.343 e. The van der Waals surface area contributed by atoms with Crippen molar-refractivity contribution in [3.05, 3.63) is 35.4 Å². The number of nitrogens with zero attached hydrogens (tertiary/aromatic N) is 1. The van der Waals surface area contributed by atoms with E-state index in [9.17, 15) is 27.6 Å². The molecule has 1 saturated carbocycles. The number of halogens is 3. The molecule has 0 bridgehead atoms. The Balaban J connectivity index is 1.91. The molecule has 10 heteroatoms. The molecular formula is C21H28F3N3O4. The number of amides is 3. The number of hydrogen-bond donors (Lipinski definition) is 2. The van der Waals surface area contributed by atoms with Crippen LogP contribution in [0.2, 0.25) is 0 Å². The van der Waals surface area contributed by atoms with Crippen molar-refractivity contribution in [2.45, 2.75) is 70.6 Å². The van der Waals surface area contributed by atoms with Gasteiger partial charge in [-0.15, -0.1) is 0 Å². The molecule has 1 aromatic rings. The maximum Gasteiger partial charge on any atom is 0.434 e. The number of hydrogen-bond acceptors (Lipinski definition) is 4. The Bertz CT molecular complexity index is 800. The fraction of sp³-hybridized carbons (Fsp3) is 0.571. The van der Waals surface area contributed by atoms with Crippen molar-refractivity contribution < 1.29 is 32.4 Å².